The van der Waals surface area contributed by atoms with E-state index >= 15 is 0 Å². The van der Waals surface area contributed by atoms with Crippen LogP contribution in [0.2, 0.25) is 0 Å². The largest absolute Gasteiger partial charge is 0.424 e. The third-order valence-corrected chi connectivity index (χ3v) is 4.54. The van der Waals surface area contributed by atoms with Crippen LogP contribution in [0.5, 0.6) is 0 Å². The highest BCUT2D eigenvalue weighted by atomic mass is 19.4. The van der Waals surface area contributed by atoms with Gasteiger partial charge in [0.05, 0.1) is 6.04 Å². The van der Waals surface area contributed by atoms with Gasteiger partial charge in [0.1, 0.15) is 5.82 Å². The van der Waals surface area contributed by atoms with E-state index in [1.807, 2.05) is 44.2 Å². The van der Waals surface area contributed by atoms with Gasteiger partial charge in [-0.1, -0.05) is 44.2 Å². The Morgan fingerprint density at radius 3 is 2.39 bits per heavy atom. The number of rotatable bonds is 7. The molecule has 0 saturated carbocycles. The predicted molar refractivity (Wildman–Crippen MR) is 98.3 cm³/mol. The molecular formula is C19H25F3N4O2. The summed E-state index contributed by atoms with van der Waals surface area (Å²) >= 11 is 0. The lowest BCUT2D eigenvalue weighted by molar-refractivity contribution is -0.272. The third kappa shape index (κ3) is 4.83. The van der Waals surface area contributed by atoms with Crippen LogP contribution in [0, 0.1) is 5.92 Å². The second-order valence-corrected chi connectivity index (χ2v) is 7.00. The average molecular weight is 398 g/mol. The zero-order chi connectivity index (χ0) is 20.9. The standard InChI is InChI=1S/C19H25F3N4O2/c1-13(2)15(14-7-5-4-6-8-14)25-17(27)24-10-9-18(28,19(20,21)22)16-23-11-12-26(16)3/h4-8,11-13,15,28H,9-10H2,1-3H3,(H2,24,25,27). The van der Waals surface area contributed by atoms with Gasteiger partial charge < -0.3 is 20.3 Å². The van der Waals surface area contributed by atoms with Gasteiger partial charge in [0.2, 0.25) is 5.60 Å². The highest BCUT2D eigenvalue weighted by Crippen LogP contribution is 2.40. The van der Waals surface area contributed by atoms with Crippen LogP contribution in [0.25, 0.3) is 0 Å². The van der Waals surface area contributed by atoms with E-state index in [1.54, 1.807) is 0 Å². The molecule has 0 aliphatic heterocycles. The molecule has 0 fully saturated rings. The third-order valence-electron chi connectivity index (χ3n) is 4.54. The van der Waals surface area contributed by atoms with Gasteiger partial charge in [0.25, 0.3) is 0 Å². The van der Waals surface area contributed by atoms with Gasteiger partial charge in [-0.15, -0.1) is 0 Å². The number of carbonyl (C=O) groups is 1. The molecule has 2 unspecified atom stereocenters. The first-order chi connectivity index (χ1) is 13.1. The molecule has 0 saturated heterocycles. The minimum absolute atomic E-state index is 0.0767. The zero-order valence-electron chi connectivity index (χ0n) is 16.0. The Balaban J connectivity index is 2.02. The molecule has 3 N–H and O–H groups in total. The first-order valence-electron chi connectivity index (χ1n) is 8.92. The molecular weight excluding hydrogens is 373 g/mol. The highest BCUT2D eigenvalue weighted by Gasteiger charge is 2.57. The van der Waals surface area contributed by atoms with Gasteiger partial charge in [-0.25, -0.2) is 9.78 Å². The van der Waals surface area contributed by atoms with Gasteiger partial charge in [0, 0.05) is 32.4 Å². The molecule has 0 aliphatic rings. The molecule has 9 heteroatoms. The fraction of sp³-hybridized carbons (Fsp3) is 0.474. The van der Waals surface area contributed by atoms with Gasteiger partial charge in [-0.3, -0.25) is 0 Å². The smallest absolute Gasteiger partial charge is 0.374 e. The van der Waals surface area contributed by atoms with E-state index in [4.69, 9.17) is 0 Å². The van der Waals surface area contributed by atoms with Crippen LogP contribution in [0.4, 0.5) is 18.0 Å². The van der Waals surface area contributed by atoms with E-state index in [-0.39, 0.29) is 18.5 Å². The fourth-order valence-corrected chi connectivity index (χ4v) is 2.99. The van der Waals surface area contributed by atoms with Gasteiger partial charge in [-0.2, -0.15) is 13.2 Å². The maximum atomic E-state index is 13.5. The summed E-state index contributed by atoms with van der Waals surface area (Å²) in [7, 11) is 1.37. The number of nitrogens with one attached hydrogen (secondary N) is 2. The van der Waals surface area contributed by atoms with E-state index in [0.29, 0.717) is 0 Å². The molecule has 0 radical (unpaired) electrons. The molecule has 1 aromatic carbocycles. The Bertz CT molecular complexity index is 777. The molecule has 1 heterocycles. The second-order valence-electron chi connectivity index (χ2n) is 7.00. The maximum Gasteiger partial charge on any atom is 0.424 e. The van der Waals surface area contributed by atoms with Gasteiger partial charge in [0.15, 0.2) is 0 Å². The summed E-state index contributed by atoms with van der Waals surface area (Å²) in [5.41, 5.74) is -2.26. The van der Waals surface area contributed by atoms with Crippen molar-refractivity contribution in [3.63, 3.8) is 0 Å². The van der Waals surface area contributed by atoms with Crippen molar-refractivity contribution in [1.82, 2.24) is 20.2 Å². The molecule has 2 atom stereocenters. The summed E-state index contributed by atoms with van der Waals surface area (Å²) < 4.78 is 41.5. The molecule has 0 aliphatic carbocycles. The number of halogens is 3. The van der Waals surface area contributed by atoms with Crippen LogP contribution in [-0.2, 0) is 12.6 Å². The lowest BCUT2D eigenvalue weighted by Crippen LogP contribution is -2.48. The summed E-state index contributed by atoms with van der Waals surface area (Å²) in [6, 6.07) is 8.39. The van der Waals surface area contributed by atoms with Crippen molar-refractivity contribution in [2.45, 2.75) is 38.1 Å². The monoisotopic (exact) mass is 398 g/mol. The topological polar surface area (TPSA) is 79.2 Å². The number of carbonyl (C=O) groups excluding carboxylic acids is 1. The number of alkyl halides is 3. The minimum atomic E-state index is -4.94. The summed E-state index contributed by atoms with van der Waals surface area (Å²) in [6.07, 6.45) is -3.19. The lowest BCUT2D eigenvalue weighted by atomic mass is 9.96. The lowest BCUT2D eigenvalue weighted by Gasteiger charge is -2.30. The number of benzene rings is 1. The van der Waals surface area contributed by atoms with Crippen LogP contribution < -0.4 is 10.6 Å². The molecule has 28 heavy (non-hydrogen) atoms. The van der Waals surface area contributed by atoms with Crippen LogP contribution in [-0.4, -0.2) is 33.4 Å². The van der Waals surface area contributed by atoms with E-state index < -0.39 is 30.1 Å². The number of aryl methyl sites for hydroxylation is 1. The maximum absolute atomic E-state index is 13.5. The number of aliphatic hydroxyl groups is 1. The van der Waals surface area contributed by atoms with Crippen LogP contribution in [0.1, 0.15) is 37.7 Å². The fourth-order valence-electron chi connectivity index (χ4n) is 2.99. The normalized spacial score (nSPS) is 15.1. The SMILES string of the molecule is CC(C)C(NC(=O)NCCC(O)(c1nccn1C)C(F)(F)F)c1ccccc1. The molecule has 0 bridgehead atoms. The van der Waals surface area contributed by atoms with Crippen molar-refractivity contribution in [2.24, 2.45) is 13.0 Å². The Labute approximate surface area is 161 Å². The number of aromatic nitrogens is 2. The van der Waals surface area contributed by atoms with Crippen LogP contribution >= 0.6 is 0 Å². The van der Waals surface area contributed by atoms with Crippen LogP contribution in [0.3, 0.4) is 0 Å². The van der Waals surface area contributed by atoms with E-state index in [1.165, 1.54) is 19.4 Å². The summed E-state index contributed by atoms with van der Waals surface area (Å²) in [5, 5.41) is 15.4. The van der Waals surface area contributed by atoms with E-state index in [9.17, 15) is 23.1 Å². The van der Waals surface area contributed by atoms with Crippen molar-refractivity contribution in [3.8, 4) is 0 Å². The van der Waals surface area contributed by atoms with Crippen LogP contribution in [0.15, 0.2) is 42.7 Å². The van der Waals surface area contributed by atoms with Gasteiger partial charge >= 0.3 is 12.2 Å². The number of urea groups is 1. The highest BCUT2D eigenvalue weighted by molar-refractivity contribution is 5.74. The first kappa shape index (κ1) is 21.7. The Morgan fingerprint density at radius 1 is 1.25 bits per heavy atom. The summed E-state index contributed by atoms with van der Waals surface area (Å²) in [5.74, 6) is -0.445. The number of imidazole rings is 1. The Hall–Kier alpha value is -2.55. The van der Waals surface area contributed by atoms with Gasteiger partial charge in [-0.05, 0) is 11.5 Å². The van der Waals surface area contributed by atoms with Crippen molar-refractivity contribution in [3.05, 3.63) is 54.1 Å². The van der Waals surface area contributed by atoms with E-state index in [2.05, 4.69) is 15.6 Å². The molecule has 2 amide bonds. The molecule has 2 aromatic rings. The second kappa shape index (κ2) is 8.64. The van der Waals surface area contributed by atoms with Crippen molar-refractivity contribution < 1.29 is 23.1 Å². The summed E-state index contributed by atoms with van der Waals surface area (Å²) in [4.78, 5) is 15.8. The molecule has 6 nitrogen and oxygen atoms in total. The molecule has 154 valence electrons. The van der Waals surface area contributed by atoms with E-state index in [0.717, 1.165) is 10.1 Å². The van der Waals surface area contributed by atoms with Crippen molar-refractivity contribution >= 4 is 6.03 Å². The van der Waals surface area contributed by atoms with Crippen molar-refractivity contribution in [2.75, 3.05) is 6.54 Å². The molecule has 1 aromatic heterocycles. The average Bonchev–Trinajstić information content (AvgIpc) is 3.05. The predicted octanol–water partition coefficient (Wildman–Crippen LogP) is 3.26. The quantitative estimate of drug-likeness (QED) is 0.670. The Morgan fingerprint density at radius 2 is 1.89 bits per heavy atom. The molecule has 0 spiro atoms. The molecule has 2 rings (SSSR count). The number of nitrogens with zero attached hydrogens (tertiary/aromatic N) is 2. The number of amides is 2. The van der Waals surface area contributed by atoms with Crippen molar-refractivity contribution in [1.29, 1.82) is 0 Å². The minimum Gasteiger partial charge on any atom is -0.374 e. The number of hydrogen-bond acceptors (Lipinski definition) is 3. The zero-order valence-corrected chi connectivity index (χ0v) is 16.0. The Kier molecular flexibility index (Phi) is 6.71. The first-order valence-corrected chi connectivity index (χ1v) is 8.92. The summed E-state index contributed by atoms with van der Waals surface area (Å²) in [6.45, 7) is 3.48. The number of hydrogen-bond donors (Lipinski definition) is 3.